The van der Waals surface area contributed by atoms with Gasteiger partial charge in [-0.15, -0.1) is 11.3 Å². The molecule has 0 saturated heterocycles. The SMILES string of the molecule is CCc1sc(C(=O)NNC(=O)CN[C@@H](C)Cn2cccn2)cc1C. The minimum Gasteiger partial charge on any atom is -0.304 e. The molecule has 0 saturated carbocycles. The van der Waals surface area contributed by atoms with Gasteiger partial charge in [-0.3, -0.25) is 25.1 Å². The van der Waals surface area contributed by atoms with E-state index in [-0.39, 0.29) is 24.4 Å². The lowest BCUT2D eigenvalue weighted by atomic mass is 10.2. The van der Waals surface area contributed by atoms with Crippen molar-refractivity contribution in [1.29, 1.82) is 0 Å². The van der Waals surface area contributed by atoms with E-state index in [0.717, 1.165) is 12.0 Å². The minimum absolute atomic E-state index is 0.0819. The molecule has 2 aromatic rings. The molecule has 0 fully saturated rings. The van der Waals surface area contributed by atoms with Crippen LogP contribution < -0.4 is 16.2 Å². The van der Waals surface area contributed by atoms with Gasteiger partial charge in [0.1, 0.15) is 0 Å². The molecule has 0 aliphatic carbocycles. The number of nitrogens with zero attached hydrogens (tertiary/aromatic N) is 2. The predicted octanol–water partition coefficient (Wildman–Crippen LogP) is 1.25. The number of hydrogen-bond acceptors (Lipinski definition) is 5. The van der Waals surface area contributed by atoms with Gasteiger partial charge < -0.3 is 5.32 Å². The molecule has 2 amide bonds. The van der Waals surface area contributed by atoms with Crippen LogP contribution in [0.25, 0.3) is 0 Å². The van der Waals surface area contributed by atoms with E-state index < -0.39 is 0 Å². The quantitative estimate of drug-likeness (QED) is 0.657. The molecule has 0 radical (unpaired) electrons. The van der Waals surface area contributed by atoms with Gasteiger partial charge in [0.2, 0.25) is 0 Å². The second kappa shape index (κ2) is 8.60. The number of amides is 2. The van der Waals surface area contributed by atoms with Crippen molar-refractivity contribution in [1.82, 2.24) is 25.9 Å². The monoisotopic (exact) mass is 349 g/mol. The first-order chi connectivity index (χ1) is 11.5. The minimum atomic E-state index is -0.292. The zero-order valence-electron chi connectivity index (χ0n) is 14.1. The maximum Gasteiger partial charge on any atom is 0.279 e. The highest BCUT2D eigenvalue weighted by atomic mass is 32.1. The number of hydrogen-bond donors (Lipinski definition) is 3. The number of carbonyl (C=O) groups is 2. The van der Waals surface area contributed by atoms with Crippen molar-refractivity contribution in [2.45, 2.75) is 39.8 Å². The molecule has 3 N–H and O–H groups in total. The zero-order chi connectivity index (χ0) is 17.5. The standard InChI is InChI=1S/C16H23N5O2S/c1-4-13-11(2)8-14(24-13)16(23)20-19-15(22)9-17-12(3)10-21-7-5-6-18-21/h5-8,12,17H,4,9-10H2,1-3H3,(H,19,22)(H,20,23)/t12-/m0/s1. The Labute approximate surface area is 145 Å². The summed E-state index contributed by atoms with van der Waals surface area (Å²) in [6.07, 6.45) is 4.48. The normalized spacial score (nSPS) is 12.0. The number of thiophene rings is 1. The Morgan fingerprint density at radius 2 is 2.17 bits per heavy atom. The van der Waals surface area contributed by atoms with Crippen molar-refractivity contribution in [3.05, 3.63) is 39.8 Å². The van der Waals surface area contributed by atoms with Crippen LogP contribution in [-0.4, -0.2) is 34.2 Å². The highest BCUT2D eigenvalue weighted by molar-refractivity contribution is 7.14. The van der Waals surface area contributed by atoms with Crippen LogP contribution in [0.2, 0.25) is 0 Å². The molecular weight excluding hydrogens is 326 g/mol. The number of aryl methyl sites for hydroxylation is 2. The summed E-state index contributed by atoms with van der Waals surface area (Å²) in [7, 11) is 0. The summed E-state index contributed by atoms with van der Waals surface area (Å²) in [5, 5.41) is 7.20. The maximum atomic E-state index is 12.0. The average molecular weight is 349 g/mol. The Morgan fingerprint density at radius 1 is 1.38 bits per heavy atom. The van der Waals surface area contributed by atoms with Crippen LogP contribution in [0.4, 0.5) is 0 Å². The van der Waals surface area contributed by atoms with Gasteiger partial charge in [-0.1, -0.05) is 6.92 Å². The van der Waals surface area contributed by atoms with Gasteiger partial charge in [-0.05, 0) is 38.0 Å². The Morgan fingerprint density at radius 3 is 2.79 bits per heavy atom. The molecule has 2 heterocycles. The first-order valence-corrected chi connectivity index (χ1v) is 8.70. The van der Waals surface area contributed by atoms with Crippen molar-refractivity contribution in [2.24, 2.45) is 0 Å². The zero-order valence-corrected chi connectivity index (χ0v) is 14.9. The van der Waals surface area contributed by atoms with E-state index in [1.165, 1.54) is 16.2 Å². The molecule has 0 spiro atoms. The van der Waals surface area contributed by atoms with E-state index in [2.05, 4.69) is 28.2 Å². The predicted molar refractivity (Wildman–Crippen MR) is 93.7 cm³/mol. The third-order valence-electron chi connectivity index (χ3n) is 3.51. The first-order valence-electron chi connectivity index (χ1n) is 7.89. The Kier molecular flexibility index (Phi) is 6.51. The average Bonchev–Trinajstić information content (AvgIpc) is 3.19. The van der Waals surface area contributed by atoms with Crippen molar-refractivity contribution in [3.8, 4) is 0 Å². The highest BCUT2D eigenvalue weighted by Gasteiger charge is 2.13. The Bertz CT molecular complexity index is 681. The van der Waals surface area contributed by atoms with E-state index in [4.69, 9.17) is 0 Å². The fraction of sp³-hybridized carbons (Fsp3) is 0.438. The summed E-state index contributed by atoms with van der Waals surface area (Å²) in [5.41, 5.74) is 5.98. The molecule has 130 valence electrons. The lowest BCUT2D eigenvalue weighted by molar-refractivity contribution is -0.121. The number of hydrazine groups is 1. The van der Waals surface area contributed by atoms with E-state index in [1.807, 2.05) is 32.2 Å². The fourth-order valence-electron chi connectivity index (χ4n) is 2.24. The molecule has 0 aromatic carbocycles. The first kappa shape index (κ1) is 18.2. The van der Waals surface area contributed by atoms with Crippen molar-refractivity contribution in [3.63, 3.8) is 0 Å². The third-order valence-corrected chi connectivity index (χ3v) is 4.89. The van der Waals surface area contributed by atoms with E-state index >= 15 is 0 Å². The molecule has 1 atom stereocenters. The number of rotatable bonds is 7. The molecule has 0 aliphatic rings. The number of aromatic nitrogens is 2. The second-order valence-corrected chi connectivity index (χ2v) is 6.72. The highest BCUT2D eigenvalue weighted by Crippen LogP contribution is 2.21. The molecular formula is C16H23N5O2S. The van der Waals surface area contributed by atoms with Crippen LogP contribution >= 0.6 is 11.3 Å². The molecule has 24 heavy (non-hydrogen) atoms. The van der Waals surface area contributed by atoms with Crippen LogP contribution in [0, 0.1) is 6.92 Å². The molecule has 7 nitrogen and oxygen atoms in total. The van der Waals surface area contributed by atoms with Crippen molar-refractivity contribution < 1.29 is 9.59 Å². The van der Waals surface area contributed by atoms with Crippen molar-refractivity contribution >= 4 is 23.2 Å². The van der Waals surface area contributed by atoms with E-state index in [0.29, 0.717) is 11.4 Å². The summed E-state index contributed by atoms with van der Waals surface area (Å²) < 4.78 is 1.79. The van der Waals surface area contributed by atoms with Gasteiger partial charge in [0.25, 0.3) is 11.8 Å². The van der Waals surface area contributed by atoms with Crippen LogP contribution in [0.5, 0.6) is 0 Å². The maximum absolute atomic E-state index is 12.0. The summed E-state index contributed by atoms with van der Waals surface area (Å²) in [6.45, 7) is 6.79. The topological polar surface area (TPSA) is 88.0 Å². The number of carbonyl (C=O) groups excluding carboxylic acids is 2. The van der Waals surface area contributed by atoms with Gasteiger partial charge >= 0.3 is 0 Å². The van der Waals surface area contributed by atoms with Gasteiger partial charge in [0.15, 0.2) is 0 Å². The van der Waals surface area contributed by atoms with Crippen LogP contribution in [0.15, 0.2) is 24.5 Å². The Hall–Kier alpha value is -2.19. The lowest BCUT2D eigenvalue weighted by Gasteiger charge is -2.14. The fourth-order valence-corrected chi connectivity index (χ4v) is 3.24. The molecule has 0 bridgehead atoms. The van der Waals surface area contributed by atoms with Gasteiger partial charge in [0.05, 0.1) is 18.0 Å². The lowest BCUT2D eigenvalue weighted by Crippen LogP contribution is -2.47. The summed E-state index contributed by atoms with van der Waals surface area (Å²) in [5.74, 6) is -0.583. The van der Waals surface area contributed by atoms with E-state index in [1.54, 1.807) is 10.9 Å². The second-order valence-electron chi connectivity index (χ2n) is 5.58. The smallest absolute Gasteiger partial charge is 0.279 e. The molecule has 8 heteroatoms. The Balaban J connectivity index is 1.71. The van der Waals surface area contributed by atoms with Gasteiger partial charge in [-0.25, -0.2) is 0 Å². The summed E-state index contributed by atoms with van der Waals surface area (Å²) in [4.78, 5) is 25.6. The molecule has 2 aromatic heterocycles. The van der Waals surface area contributed by atoms with Crippen molar-refractivity contribution in [2.75, 3.05) is 6.54 Å². The van der Waals surface area contributed by atoms with Gasteiger partial charge in [0, 0.05) is 23.3 Å². The van der Waals surface area contributed by atoms with E-state index in [9.17, 15) is 9.59 Å². The summed E-state index contributed by atoms with van der Waals surface area (Å²) in [6, 6.07) is 3.78. The molecule has 2 rings (SSSR count). The van der Waals surface area contributed by atoms with Crippen LogP contribution in [-0.2, 0) is 17.8 Å². The van der Waals surface area contributed by atoms with Crippen LogP contribution in [0.1, 0.15) is 34.0 Å². The largest absolute Gasteiger partial charge is 0.304 e. The van der Waals surface area contributed by atoms with Crippen LogP contribution in [0.3, 0.4) is 0 Å². The molecule has 0 unspecified atom stereocenters. The number of nitrogens with one attached hydrogen (secondary N) is 3. The summed E-state index contributed by atoms with van der Waals surface area (Å²) >= 11 is 1.45. The molecule has 0 aliphatic heterocycles. The van der Waals surface area contributed by atoms with Gasteiger partial charge in [-0.2, -0.15) is 5.10 Å². The third kappa shape index (κ3) is 5.17.